The lowest BCUT2D eigenvalue weighted by Crippen LogP contribution is -2.50. The summed E-state index contributed by atoms with van der Waals surface area (Å²) in [6, 6.07) is 7.71. The molecule has 0 bridgehead atoms. The SMILES string of the molecule is C=C(/N=C\C(F)=C/N)c1ccc(N2CCN(C(=O)OC(C)(C)C)CC2)cc1. The van der Waals surface area contributed by atoms with Gasteiger partial charge in [-0.1, -0.05) is 18.7 Å². The summed E-state index contributed by atoms with van der Waals surface area (Å²) in [6.45, 7) is 12.1. The highest BCUT2D eigenvalue weighted by atomic mass is 19.1. The molecule has 1 aromatic rings. The smallest absolute Gasteiger partial charge is 0.410 e. The predicted octanol–water partition coefficient (Wildman–Crippen LogP) is 3.55. The van der Waals surface area contributed by atoms with E-state index < -0.39 is 11.4 Å². The largest absolute Gasteiger partial charge is 0.444 e. The van der Waals surface area contributed by atoms with E-state index in [-0.39, 0.29) is 6.09 Å². The molecule has 1 heterocycles. The number of ether oxygens (including phenoxy) is 1. The monoisotopic (exact) mass is 374 g/mol. The summed E-state index contributed by atoms with van der Waals surface area (Å²) in [5.74, 6) is -0.615. The van der Waals surface area contributed by atoms with E-state index in [1.54, 1.807) is 4.90 Å². The number of piperazine rings is 1. The van der Waals surface area contributed by atoms with Crippen LogP contribution in [0.1, 0.15) is 26.3 Å². The van der Waals surface area contributed by atoms with Crippen LogP contribution < -0.4 is 10.6 Å². The molecule has 1 aromatic carbocycles. The number of allylic oxidation sites excluding steroid dienone is 1. The van der Waals surface area contributed by atoms with E-state index in [9.17, 15) is 9.18 Å². The first kappa shape index (κ1) is 20.5. The lowest BCUT2D eigenvalue weighted by molar-refractivity contribution is 0.0240. The predicted molar refractivity (Wildman–Crippen MR) is 107 cm³/mol. The standard InChI is InChI=1S/C20H27FN4O2/c1-15(23-14-17(21)13-22)16-5-7-18(8-6-16)24-9-11-25(12-10-24)19(26)27-20(2,3)4/h5-8,13-14H,1,9-12,22H2,2-4H3/b17-13+,23-14-. The number of carbonyl (C=O) groups is 1. The van der Waals surface area contributed by atoms with Crippen LogP contribution in [0, 0.1) is 0 Å². The van der Waals surface area contributed by atoms with Gasteiger partial charge in [-0.3, -0.25) is 4.99 Å². The summed E-state index contributed by atoms with van der Waals surface area (Å²) < 4.78 is 18.4. The van der Waals surface area contributed by atoms with Crippen LogP contribution >= 0.6 is 0 Å². The molecule has 1 amide bonds. The van der Waals surface area contributed by atoms with Crippen molar-refractivity contribution in [3.05, 3.63) is 48.4 Å². The molecular formula is C20H27FN4O2. The normalized spacial score (nSPS) is 15.9. The average molecular weight is 374 g/mol. The Bertz CT molecular complexity index is 727. The molecule has 0 spiro atoms. The Balaban J connectivity index is 1.92. The van der Waals surface area contributed by atoms with Gasteiger partial charge in [-0.2, -0.15) is 0 Å². The third-order valence-corrected chi connectivity index (χ3v) is 4.00. The highest BCUT2D eigenvalue weighted by Gasteiger charge is 2.25. The summed E-state index contributed by atoms with van der Waals surface area (Å²) in [6.07, 6.45) is 1.61. The first-order chi connectivity index (χ1) is 12.7. The molecule has 0 aliphatic carbocycles. The number of carbonyl (C=O) groups excluding carboxylic acids is 1. The van der Waals surface area contributed by atoms with Gasteiger partial charge in [0.05, 0.1) is 11.9 Å². The summed E-state index contributed by atoms with van der Waals surface area (Å²) in [5, 5.41) is 0. The molecule has 27 heavy (non-hydrogen) atoms. The second-order valence-electron chi connectivity index (χ2n) is 7.26. The molecule has 2 rings (SSSR count). The van der Waals surface area contributed by atoms with Crippen LogP contribution in [0.5, 0.6) is 0 Å². The third-order valence-electron chi connectivity index (χ3n) is 4.00. The van der Waals surface area contributed by atoms with Gasteiger partial charge >= 0.3 is 6.09 Å². The van der Waals surface area contributed by atoms with Crippen molar-refractivity contribution in [1.29, 1.82) is 0 Å². The van der Waals surface area contributed by atoms with Crippen LogP contribution in [0.4, 0.5) is 14.9 Å². The van der Waals surface area contributed by atoms with E-state index in [2.05, 4.69) is 16.5 Å². The number of halogens is 1. The van der Waals surface area contributed by atoms with Crippen molar-refractivity contribution in [2.24, 2.45) is 10.7 Å². The van der Waals surface area contributed by atoms with Gasteiger partial charge in [0.25, 0.3) is 0 Å². The molecule has 0 saturated carbocycles. The van der Waals surface area contributed by atoms with Crippen LogP contribution in [0.3, 0.4) is 0 Å². The van der Waals surface area contributed by atoms with Crippen molar-refractivity contribution in [1.82, 2.24) is 4.90 Å². The van der Waals surface area contributed by atoms with Crippen LogP contribution in [0.2, 0.25) is 0 Å². The second-order valence-corrected chi connectivity index (χ2v) is 7.26. The molecule has 2 N–H and O–H groups in total. The average Bonchev–Trinajstić information content (AvgIpc) is 2.64. The minimum atomic E-state index is -0.615. The number of aliphatic imine (C=N–C) groups is 1. The molecule has 0 unspecified atom stereocenters. The molecule has 0 radical (unpaired) electrons. The summed E-state index contributed by atoms with van der Waals surface area (Å²) in [4.78, 5) is 20.0. The zero-order valence-corrected chi connectivity index (χ0v) is 16.1. The molecule has 1 fully saturated rings. The van der Waals surface area contributed by atoms with Gasteiger partial charge in [0, 0.05) is 38.1 Å². The van der Waals surface area contributed by atoms with Crippen molar-refractivity contribution in [3.63, 3.8) is 0 Å². The molecule has 0 aromatic heterocycles. The molecule has 1 aliphatic rings. The van der Waals surface area contributed by atoms with Gasteiger partial charge in [-0.25, -0.2) is 9.18 Å². The fraction of sp³-hybridized carbons (Fsp3) is 0.400. The van der Waals surface area contributed by atoms with Gasteiger partial charge in [0.15, 0.2) is 5.83 Å². The summed E-state index contributed by atoms with van der Waals surface area (Å²) in [5.41, 5.74) is 6.87. The molecule has 1 saturated heterocycles. The van der Waals surface area contributed by atoms with Gasteiger partial charge in [0.1, 0.15) is 5.60 Å². The number of nitrogens with zero attached hydrogens (tertiary/aromatic N) is 3. The van der Waals surface area contributed by atoms with E-state index >= 15 is 0 Å². The Morgan fingerprint density at radius 2 is 1.81 bits per heavy atom. The van der Waals surface area contributed by atoms with Crippen molar-refractivity contribution >= 4 is 23.7 Å². The lowest BCUT2D eigenvalue weighted by Gasteiger charge is -2.36. The minimum absolute atomic E-state index is 0.273. The maximum atomic E-state index is 13.0. The maximum absolute atomic E-state index is 13.0. The molecular weight excluding hydrogens is 347 g/mol. The van der Waals surface area contributed by atoms with E-state index in [0.29, 0.717) is 18.8 Å². The molecule has 146 valence electrons. The molecule has 7 heteroatoms. The first-order valence-electron chi connectivity index (χ1n) is 8.83. The molecule has 1 aliphatic heterocycles. The van der Waals surface area contributed by atoms with E-state index in [0.717, 1.165) is 36.8 Å². The van der Waals surface area contributed by atoms with Crippen molar-refractivity contribution in [3.8, 4) is 0 Å². The quantitative estimate of drug-likeness (QED) is 0.818. The van der Waals surface area contributed by atoms with E-state index in [1.807, 2.05) is 45.0 Å². The number of nitrogens with two attached hydrogens (primary N) is 1. The zero-order valence-electron chi connectivity index (χ0n) is 16.1. The van der Waals surface area contributed by atoms with Gasteiger partial charge in [-0.05, 0) is 38.5 Å². The van der Waals surface area contributed by atoms with Crippen LogP contribution in [0.25, 0.3) is 5.70 Å². The summed E-state index contributed by atoms with van der Waals surface area (Å²) >= 11 is 0. The van der Waals surface area contributed by atoms with Gasteiger partial charge < -0.3 is 20.3 Å². The Kier molecular flexibility index (Phi) is 6.60. The molecule has 0 atom stereocenters. The topological polar surface area (TPSA) is 71.2 Å². The Morgan fingerprint density at radius 3 is 2.33 bits per heavy atom. The van der Waals surface area contributed by atoms with Crippen molar-refractivity contribution in [2.75, 3.05) is 31.1 Å². The number of amides is 1. The first-order valence-corrected chi connectivity index (χ1v) is 8.83. The Hall–Kier alpha value is -2.83. The number of hydrogen-bond acceptors (Lipinski definition) is 5. The van der Waals surface area contributed by atoms with Crippen LogP contribution in [-0.2, 0) is 4.74 Å². The summed E-state index contributed by atoms with van der Waals surface area (Å²) in [7, 11) is 0. The van der Waals surface area contributed by atoms with E-state index in [4.69, 9.17) is 10.5 Å². The third kappa shape index (κ3) is 6.13. The Morgan fingerprint density at radius 1 is 1.22 bits per heavy atom. The second kappa shape index (κ2) is 8.70. The lowest BCUT2D eigenvalue weighted by atomic mass is 10.1. The number of benzene rings is 1. The number of anilines is 1. The molecule has 6 nitrogen and oxygen atoms in total. The van der Waals surface area contributed by atoms with Gasteiger partial charge in [-0.15, -0.1) is 0 Å². The zero-order chi connectivity index (χ0) is 20.0. The fourth-order valence-electron chi connectivity index (χ4n) is 2.60. The van der Waals surface area contributed by atoms with Crippen molar-refractivity contribution in [2.45, 2.75) is 26.4 Å². The maximum Gasteiger partial charge on any atom is 0.410 e. The van der Waals surface area contributed by atoms with Crippen LogP contribution in [0.15, 0.2) is 47.9 Å². The van der Waals surface area contributed by atoms with E-state index in [1.165, 1.54) is 0 Å². The van der Waals surface area contributed by atoms with Gasteiger partial charge in [0.2, 0.25) is 0 Å². The fourth-order valence-corrected chi connectivity index (χ4v) is 2.60. The van der Waals surface area contributed by atoms with Crippen LogP contribution in [-0.4, -0.2) is 49.0 Å². The number of hydrogen-bond donors (Lipinski definition) is 1. The van der Waals surface area contributed by atoms with Crippen molar-refractivity contribution < 1.29 is 13.9 Å². The minimum Gasteiger partial charge on any atom is -0.444 e. The highest BCUT2D eigenvalue weighted by molar-refractivity contribution is 5.82. The highest BCUT2D eigenvalue weighted by Crippen LogP contribution is 2.22. The number of rotatable bonds is 4. The Labute approximate surface area is 159 Å².